The van der Waals surface area contributed by atoms with E-state index in [4.69, 9.17) is 4.74 Å². The monoisotopic (exact) mass is 283 g/mol. The molecule has 0 aromatic rings. The third-order valence-electron chi connectivity index (χ3n) is 3.48. The molecule has 1 aliphatic heterocycles. The Morgan fingerprint density at radius 1 is 1.30 bits per heavy atom. The zero-order valence-corrected chi connectivity index (χ0v) is 14.2. The molecule has 1 rings (SSSR count). The molecule has 1 saturated heterocycles. The molecule has 1 heterocycles. The van der Waals surface area contributed by atoms with Gasteiger partial charge in [-0.05, 0) is 46.0 Å². The van der Waals surface area contributed by atoms with Crippen molar-refractivity contribution in [3.63, 3.8) is 0 Å². The summed E-state index contributed by atoms with van der Waals surface area (Å²) in [6.07, 6.45) is 3.74. The van der Waals surface area contributed by atoms with Crippen molar-refractivity contribution in [2.24, 2.45) is 10.9 Å². The average Bonchev–Trinajstić information content (AvgIpc) is 2.34. The summed E-state index contributed by atoms with van der Waals surface area (Å²) in [5, 5.41) is 3.47. The summed E-state index contributed by atoms with van der Waals surface area (Å²) in [6, 6.07) is 0. The van der Waals surface area contributed by atoms with E-state index in [1.165, 1.54) is 6.42 Å². The Morgan fingerprint density at radius 3 is 2.35 bits per heavy atom. The van der Waals surface area contributed by atoms with Gasteiger partial charge in [0, 0.05) is 26.7 Å². The second kappa shape index (κ2) is 7.87. The van der Waals surface area contributed by atoms with Crippen molar-refractivity contribution in [2.45, 2.75) is 65.6 Å². The van der Waals surface area contributed by atoms with E-state index in [2.05, 4.69) is 49.8 Å². The average molecular weight is 283 g/mol. The van der Waals surface area contributed by atoms with E-state index in [-0.39, 0.29) is 5.60 Å². The van der Waals surface area contributed by atoms with Crippen LogP contribution in [0.3, 0.4) is 0 Å². The predicted molar refractivity (Wildman–Crippen MR) is 86.2 cm³/mol. The van der Waals surface area contributed by atoms with Crippen LogP contribution in [0.2, 0.25) is 0 Å². The van der Waals surface area contributed by atoms with Crippen LogP contribution in [0.4, 0.5) is 0 Å². The third kappa shape index (κ3) is 6.60. The lowest BCUT2D eigenvalue weighted by molar-refractivity contribution is -0.0772. The Bertz CT molecular complexity index is 299. The first-order valence-corrected chi connectivity index (χ1v) is 7.95. The minimum atomic E-state index is -0.0377. The lowest BCUT2D eigenvalue weighted by Crippen LogP contribution is -2.48. The molecule has 0 aliphatic carbocycles. The molecule has 20 heavy (non-hydrogen) atoms. The molecule has 1 fully saturated rings. The van der Waals surface area contributed by atoms with Crippen LogP contribution >= 0.6 is 0 Å². The Labute approximate surface area is 125 Å². The molecule has 0 unspecified atom stereocenters. The van der Waals surface area contributed by atoms with Gasteiger partial charge >= 0.3 is 0 Å². The summed E-state index contributed by atoms with van der Waals surface area (Å²) in [7, 11) is 1.87. The van der Waals surface area contributed by atoms with Crippen molar-refractivity contribution in [1.82, 2.24) is 10.2 Å². The maximum atomic E-state index is 6.07. The molecule has 0 amide bonds. The first-order valence-electron chi connectivity index (χ1n) is 7.95. The fraction of sp³-hybridized carbons (Fsp3) is 0.938. The number of nitrogens with one attached hydrogen (secondary N) is 1. The SMILES string of the molecule is CN=C(NCCC(C)C)N1CCC(OC(C)(C)C)CC1. The second-order valence-electron chi connectivity index (χ2n) is 7.07. The minimum absolute atomic E-state index is 0.0377. The van der Waals surface area contributed by atoms with Gasteiger partial charge < -0.3 is 15.0 Å². The van der Waals surface area contributed by atoms with Gasteiger partial charge in [0.25, 0.3) is 0 Å². The van der Waals surface area contributed by atoms with Crippen LogP contribution in [-0.2, 0) is 4.74 Å². The maximum Gasteiger partial charge on any atom is 0.193 e. The van der Waals surface area contributed by atoms with Crippen LogP contribution in [0.15, 0.2) is 4.99 Å². The van der Waals surface area contributed by atoms with Gasteiger partial charge in [0.05, 0.1) is 11.7 Å². The van der Waals surface area contributed by atoms with Gasteiger partial charge in [0.15, 0.2) is 5.96 Å². The molecule has 4 heteroatoms. The predicted octanol–water partition coefficient (Wildman–Crippen LogP) is 2.89. The fourth-order valence-electron chi connectivity index (χ4n) is 2.49. The Balaban J connectivity index is 2.35. The highest BCUT2D eigenvalue weighted by Gasteiger charge is 2.25. The molecule has 0 radical (unpaired) electrons. The first-order chi connectivity index (χ1) is 9.31. The van der Waals surface area contributed by atoms with Crippen molar-refractivity contribution >= 4 is 5.96 Å². The van der Waals surface area contributed by atoms with Gasteiger partial charge in [-0.3, -0.25) is 4.99 Å². The summed E-state index contributed by atoms with van der Waals surface area (Å²) in [5.74, 6) is 1.77. The van der Waals surface area contributed by atoms with E-state index in [1.807, 2.05) is 7.05 Å². The van der Waals surface area contributed by atoms with Crippen molar-refractivity contribution in [3.8, 4) is 0 Å². The number of guanidine groups is 1. The highest BCUT2D eigenvalue weighted by atomic mass is 16.5. The van der Waals surface area contributed by atoms with Crippen molar-refractivity contribution in [2.75, 3.05) is 26.7 Å². The maximum absolute atomic E-state index is 6.07. The standard InChI is InChI=1S/C16H33N3O/c1-13(2)7-10-18-15(17-6)19-11-8-14(9-12-19)20-16(3,4)5/h13-14H,7-12H2,1-6H3,(H,17,18). The summed E-state index contributed by atoms with van der Waals surface area (Å²) >= 11 is 0. The first kappa shape index (κ1) is 17.3. The van der Waals surface area contributed by atoms with E-state index >= 15 is 0 Å². The van der Waals surface area contributed by atoms with Gasteiger partial charge in [-0.2, -0.15) is 0 Å². The molecule has 0 bridgehead atoms. The normalized spacial score (nSPS) is 18.8. The summed E-state index contributed by atoms with van der Waals surface area (Å²) < 4.78 is 6.07. The quantitative estimate of drug-likeness (QED) is 0.637. The van der Waals surface area contributed by atoms with Gasteiger partial charge in [-0.15, -0.1) is 0 Å². The van der Waals surface area contributed by atoms with E-state index in [9.17, 15) is 0 Å². The number of hydrogen-bond acceptors (Lipinski definition) is 2. The Kier molecular flexibility index (Phi) is 6.80. The zero-order chi connectivity index (χ0) is 15.2. The number of aliphatic imine (C=N–C) groups is 1. The number of piperidine rings is 1. The molecule has 0 aromatic heterocycles. The van der Waals surface area contributed by atoms with Crippen LogP contribution in [0.25, 0.3) is 0 Å². The summed E-state index contributed by atoms with van der Waals surface area (Å²) in [4.78, 5) is 6.75. The highest BCUT2D eigenvalue weighted by Crippen LogP contribution is 2.20. The highest BCUT2D eigenvalue weighted by molar-refractivity contribution is 5.79. The largest absolute Gasteiger partial charge is 0.372 e. The van der Waals surface area contributed by atoms with Crippen LogP contribution in [0.1, 0.15) is 53.9 Å². The van der Waals surface area contributed by atoms with Crippen molar-refractivity contribution < 1.29 is 4.74 Å². The van der Waals surface area contributed by atoms with E-state index in [0.717, 1.165) is 44.4 Å². The zero-order valence-electron chi connectivity index (χ0n) is 14.2. The van der Waals surface area contributed by atoms with Gasteiger partial charge in [0.2, 0.25) is 0 Å². The van der Waals surface area contributed by atoms with Crippen molar-refractivity contribution in [3.05, 3.63) is 0 Å². The molecule has 0 aromatic carbocycles. The van der Waals surface area contributed by atoms with Gasteiger partial charge in [-0.1, -0.05) is 13.8 Å². The number of rotatable bonds is 4. The number of likely N-dealkylation sites (tertiary alicyclic amines) is 1. The van der Waals surface area contributed by atoms with Gasteiger partial charge in [0.1, 0.15) is 0 Å². The van der Waals surface area contributed by atoms with Gasteiger partial charge in [-0.25, -0.2) is 0 Å². The van der Waals surface area contributed by atoms with Crippen LogP contribution < -0.4 is 5.32 Å². The van der Waals surface area contributed by atoms with Crippen LogP contribution in [0, 0.1) is 5.92 Å². The molecule has 4 nitrogen and oxygen atoms in total. The molecule has 118 valence electrons. The van der Waals surface area contributed by atoms with Crippen LogP contribution in [0.5, 0.6) is 0 Å². The molecule has 1 aliphatic rings. The lowest BCUT2D eigenvalue weighted by Gasteiger charge is -2.37. The molecule has 0 saturated carbocycles. The van der Waals surface area contributed by atoms with E-state index in [0.29, 0.717) is 6.10 Å². The minimum Gasteiger partial charge on any atom is -0.372 e. The molecular formula is C16H33N3O. The van der Waals surface area contributed by atoms with Crippen LogP contribution in [-0.4, -0.2) is 49.2 Å². The number of ether oxygens (including phenoxy) is 1. The Morgan fingerprint density at radius 2 is 1.90 bits per heavy atom. The molecule has 1 N–H and O–H groups in total. The fourth-order valence-corrected chi connectivity index (χ4v) is 2.49. The molecule has 0 spiro atoms. The Hall–Kier alpha value is -0.770. The summed E-state index contributed by atoms with van der Waals surface area (Å²) in [6.45, 7) is 14.0. The lowest BCUT2D eigenvalue weighted by atomic mass is 10.1. The topological polar surface area (TPSA) is 36.9 Å². The molecule has 0 atom stereocenters. The van der Waals surface area contributed by atoms with E-state index in [1.54, 1.807) is 0 Å². The third-order valence-corrected chi connectivity index (χ3v) is 3.48. The second-order valence-corrected chi connectivity index (χ2v) is 7.07. The number of nitrogens with zero attached hydrogens (tertiary/aromatic N) is 2. The summed E-state index contributed by atoms with van der Waals surface area (Å²) in [5.41, 5.74) is -0.0377. The van der Waals surface area contributed by atoms with E-state index < -0.39 is 0 Å². The van der Waals surface area contributed by atoms with Crippen molar-refractivity contribution in [1.29, 1.82) is 0 Å². The smallest absolute Gasteiger partial charge is 0.193 e. The number of hydrogen-bond donors (Lipinski definition) is 1. The molecular weight excluding hydrogens is 250 g/mol.